The molecular weight excluding hydrogens is 382 g/mol. The average molecular weight is 402 g/mol. The summed E-state index contributed by atoms with van der Waals surface area (Å²) in [4.78, 5) is 17.7. The first kappa shape index (κ1) is 17.7. The first-order valence-electron chi connectivity index (χ1n) is 9.34. The van der Waals surface area contributed by atoms with E-state index in [0.29, 0.717) is 5.75 Å². The molecular formula is C24H19NOS2. The smallest absolute Gasteiger partial charge is 0.237 e. The number of carbonyl (C=O) groups is 1. The first-order chi connectivity index (χ1) is 13.8. The Morgan fingerprint density at radius 1 is 0.929 bits per heavy atom. The molecule has 0 saturated carbocycles. The van der Waals surface area contributed by atoms with Gasteiger partial charge in [-0.05, 0) is 29.0 Å². The molecule has 1 heterocycles. The number of para-hydroxylation sites is 1. The van der Waals surface area contributed by atoms with Crippen molar-refractivity contribution in [3.05, 3.63) is 91.0 Å². The van der Waals surface area contributed by atoms with Crippen LogP contribution in [0.4, 0.5) is 5.69 Å². The van der Waals surface area contributed by atoms with Crippen molar-refractivity contribution in [1.82, 2.24) is 0 Å². The van der Waals surface area contributed by atoms with Crippen LogP contribution in [-0.2, 0) is 4.79 Å². The average Bonchev–Trinajstić information content (AvgIpc) is 2.75. The fourth-order valence-corrected chi connectivity index (χ4v) is 6.00. The minimum absolute atomic E-state index is 0.0746. The lowest BCUT2D eigenvalue weighted by Crippen LogP contribution is -2.48. The Morgan fingerprint density at radius 3 is 2.68 bits per heavy atom. The second-order valence-corrected chi connectivity index (χ2v) is 9.08. The maximum Gasteiger partial charge on any atom is 0.237 e. The van der Waals surface area contributed by atoms with Crippen molar-refractivity contribution < 1.29 is 4.79 Å². The molecule has 28 heavy (non-hydrogen) atoms. The highest BCUT2D eigenvalue weighted by Gasteiger charge is 2.36. The lowest BCUT2D eigenvalue weighted by atomic mass is 10.0. The van der Waals surface area contributed by atoms with Gasteiger partial charge in [0.25, 0.3) is 0 Å². The molecule has 4 heteroatoms. The maximum absolute atomic E-state index is 13.4. The van der Waals surface area contributed by atoms with Gasteiger partial charge >= 0.3 is 0 Å². The molecule has 0 fully saturated rings. The van der Waals surface area contributed by atoms with Crippen LogP contribution in [0.25, 0.3) is 10.8 Å². The van der Waals surface area contributed by atoms with Crippen LogP contribution in [0, 0.1) is 0 Å². The van der Waals surface area contributed by atoms with Crippen molar-refractivity contribution >= 4 is 45.9 Å². The molecule has 2 nitrogen and oxygen atoms in total. The van der Waals surface area contributed by atoms with Crippen molar-refractivity contribution in [3.63, 3.8) is 0 Å². The predicted molar refractivity (Wildman–Crippen MR) is 120 cm³/mol. The fourth-order valence-electron chi connectivity index (χ4n) is 3.81. The second kappa shape index (κ2) is 7.53. The van der Waals surface area contributed by atoms with Crippen LogP contribution in [0.3, 0.4) is 0 Å². The molecule has 0 spiro atoms. The van der Waals surface area contributed by atoms with E-state index in [-0.39, 0.29) is 17.2 Å². The largest absolute Gasteiger partial charge is 0.302 e. The SMILES string of the molecule is O=C(CSc1cccc2ccccc12)N1c2ccccc2S[C@H]2C=CC=C[C@H]21. The second-order valence-electron chi connectivity index (χ2n) is 6.84. The third-order valence-electron chi connectivity index (χ3n) is 5.11. The number of hydrogen-bond acceptors (Lipinski definition) is 3. The summed E-state index contributed by atoms with van der Waals surface area (Å²) in [6.45, 7) is 0. The third-order valence-corrected chi connectivity index (χ3v) is 7.48. The fraction of sp³-hybridized carbons (Fsp3) is 0.125. The third kappa shape index (κ3) is 3.17. The summed E-state index contributed by atoms with van der Waals surface area (Å²) in [5.74, 6) is 0.578. The van der Waals surface area contributed by atoms with E-state index >= 15 is 0 Å². The Labute approximate surface area is 173 Å². The molecule has 0 aromatic heterocycles. The van der Waals surface area contributed by atoms with Crippen LogP contribution in [0.2, 0.25) is 0 Å². The molecule has 0 saturated heterocycles. The zero-order valence-corrected chi connectivity index (χ0v) is 16.8. The molecule has 3 aromatic rings. The summed E-state index contributed by atoms with van der Waals surface area (Å²) in [5, 5.41) is 2.68. The molecule has 3 aromatic carbocycles. The summed E-state index contributed by atoms with van der Waals surface area (Å²) >= 11 is 3.47. The van der Waals surface area contributed by atoms with Gasteiger partial charge in [0, 0.05) is 9.79 Å². The molecule has 138 valence electrons. The van der Waals surface area contributed by atoms with Crippen LogP contribution in [0.5, 0.6) is 0 Å². The van der Waals surface area contributed by atoms with Crippen molar-refractivity contribution in [2.45, 2.75) is 21.1 Å². The predicted octanol–water partition coefficient (Wildman–Crippen LogP) is 5.93. The van der Waals surface area contributed by atoms with E-state index in [4.69, 9.17) is 0 Å². The zero-order chi connectivity index (χ0) is 18.9. The van der Waals surface area contributed by atoms with Crippen LogP contribution < -0.4 is 4.90 Å². The highest BCUT2D eigenvalue weighted by atomic mass is 32.2. The van der Waals surface area contributed by atoms with Crippen LogP contribution in [0.15, 0.2) is 101 Å². The molecule has 2 aliphatic rings. The number of hydrogen-bond donors (Lipinski definition) is 0. The van der Waals surface area contributed by atoms with E-state index in [1.54, 1.807) is 11.8 Å². The number of nitrogens with zero attached hydrogens (tertiary/aromatic N) is 1. The molecule has 1 aliphatic carbocycles. The zero-order valence-electron chi connectivity index (χ0n) is 15.2. The molecule has 1 amide bonds. The van der Waals surface area contributed by atoms with E-state index in [0.717, 1.165) is 10.6 Å². The Balaban J connectivity index is 1.44. The van der Waals surface area contributed by atoms with Gasteiger partial charge in [0.15, 0.2) is 0 Å². The van der Waals surface area contributed by atoms with E-state index in [1.807, 2.05) is 40.9 Å². The van der Waals surface area contributed by atoms with E-state index < -0.39 is 0 Å². The Kier molecular flexibility index (Phi) is 4.75. The number of carbonyl (C=O) groups excluding carboxylic acids is 1. The quantitative estimate of drug-likeness (QED) is 0.507. The van der Waals surface area contributed by atoms with Crippen LogP contribution >= 0.6 is 23.5 Å². The Morgan fingerprint density at radius 2 is 1.71 bits per heavy atom. The summed E-state index contributed by atoms with van der Waals surface area (Å²) in [5.41, 5.74) is 1.03. The molecule has 0 radical (unpaired) electrons. The van der Waals surface area contributed by atoms with Gasteiger partial charge < -0.3 is 4.90 Å². The topological polar surface area (TPSA) is 20.3 Å². The van der Waals surface area contributed by atoms with Crippen LogP contribution in [0.1, 0.15) is 0 Å². The Hall–Kier alpha value is -2.43. The minimum Gasteiger partial charge on any atom is -0.302 e. The van der Waals surface area contributed by atoms with Crippen molar-refractivity contribution in [2.24, 2.45) is 0 Å². The normalized spacial score (nSPS) is 20.1. The number of allylic oxidation sites excluding steroid dienone is 2. The van der Waals surface area contributed by atoms with Gasteiger partial charge in [-0.3, -0.25) is 4.79 Å². The lowest BCUT2D eigenvalue weighted by Gasteiger charge is -2.40. The molecule has 2 atom stereocenters. The van der Waals surface area contributed by atoms with Gasteiger partial charge in [-0.2, -0.15) is 0 Å². The van der Waals surface area contributed by atoms with E-state index in [9.17, 15) is 4.79 Å². The summed E-state index contributed by atoms with van der Waals surface area (Å²) in [7, 11) is 0. The molecule has 0 unspecified atom stereocenters. The number of thioether (sulfide) groups is 2. The van der Waals surface area contributed by atoms with Gasteiger partial charge in [-0.25, -0.2) is 0 Å². The van der Waals surface area contributed by atoms with Gasteiger partial charge in [0.1, 0.15) is 0 Å². The van der Waals surface area contributed by atoms with Crippen molar-refractivity contribution in [2.75, 3.05) is 10.7 Å². The first-order valence-corrected chi connectivity index (χ1v) is 11.2. The highest BCUT2D eigenvalue weighted by Crippen LogP contribution is 2.44. The molecule has 5 rings (SSSR count). The minimum atomic E-state index is 0.0746. The standard InChI is InChI=1S/C24H19NOS2/c26-24(16-27-21-15-7-9-17-8-1-2-10-18(17)21)25-19-11-3-5-13-22(19)28-23-14-6-4-12-20(23)25/h1-15,19,22H,16H2/t19-,22+/m1/s1. The van der Waals surface area contributed by atoms with Crippen molar-refractivity contribution in [1.29, 1.82) is 0 Å². The maximum atomic E-state index is 13.4. The Bertz CT molecular complexity index is 1100. The summed E-state index contributed by atoms with van der Waals surface area (Å²) in [6.07, 6.45) is 8.47. The number of anilines is 1. The van der Waals surface area contributed by atoms with E-state index in [2.05, 4.69) is 66.8 Å². The molecule has 1 aliphatic heterocycles. The number of rotatable bonds is 3. The van der Waals surface area contributed by atoms with Gasteiger partial charge in [0.05, 0.1) is 22.7 Å². The molecule has 0 N–H and O–H groups in total. The van der Waals surface area contributed by atoms with E-state index in [1.165, 1.54) is 15.7 Å². The number of fused-ring (bicyclic) bond motifs is 3. The van der Waals surface area contributed by atoms with Crippen LogP contribution in [-0.4, -0.2) is 23.0 Å². The lowest BCUT2D eigenvalue weighted by molar-refractivity contribution is -0.116. The van der Waals surface area contributed by atoms with Crippen molar-refractivity contribution in [3.8, 4) is 0 Å². The van der Waals surface area contributed by atoms with Gasteiger partial charge in [0.2, 0.25) is 5.91 Å². The number of benzene rings is 3. The van der Waals surface area contributed by atoms with Gasteiger partial charge in [-0.15, -0.1) is 23.5 Å². The number of amides is 1. The summed E-state index contributed by atoms with van der Waals surface area (Å²) in [6, 6.07) is 22.9. The van der Waals surface area contributed by atoms with Gasteiger partial charge in [-0.1, -0.05) is 72.8 Å². The highest BCUT2D eigenvalue weighted by molar-refractivity contribution is 8.00. The summed E-state index contributed by atoms with van der Waals surface area (Å²) < 4.78 is 0. The molecule has 0 bridgehead atoms. The monoisotopic (exact) mass is 401 g/mol.